The summed E-state index contributed by atoms with van der Waals surface area (Å²) in [6.07, 6.45) is 3.17. The number of esters is 1. The largest absolute Gasteiger partial charge is 0.457 e. The standard InChI is InChI=1S/C16H19N3O2S/c1-10-9-11(6-8-13(20)21-16(2,3)4)5-7-12(10)14-18-19-15(17)22-14/h5-9H,1-4H3,(H2,17,19). The second-order valence-electron chi connectivity index (χ2n) is 5.89. The van der Waals surface area contributed by atoms with Gasteiger partial charge in [-0.25, -0.2) is 4.79 Å². The Hall–Kier alpha value is -2.21. The van der Waals surface area contributed by atoms with Crippen molar-refractivity contribution in [2.75, 3.05) is 5.73 Å². The van der Waals surface area contributed by atoms with Crippen molar-refractivity contribution >= 4 is 28.5 Å². The van der Waals surface area contributed by atoms with Gasteiger partial charge in [0.2, 0.25) is 5.13 Å². The molecule has 2 N–H and O–H groups in total. The molecule has 22 heavy (non-hydrogen) atoms. The number of rotatable bonds is 3. The Morgan fingerprint density at radius 1 is 1.32 bits per heavy atom. The first-order valence-electron chi connectivity index (χ1n) is 6.86. The maximum atomic E-state index is 11.7. The van der Waals surface area contributed by atoms with Crippen LogP contribution in [0.5, 0.6) is 0 Å². The number of benzene rings is 1. The zero-order chi connectivity index (χ0) is 16.3. The zero-order valence-corrected chi connectivity index (χ0v) is 13.9. The van der Waals surface area contributed by atoms with Crippen LogP contribution >= 0.6 is 11.3 Å². The SMILES string of the molecule is Cc1cc(C=CC(=O)OC(C)(C)C)ccc1-c1nnc(N)s1. The van der Waals surface area contributed by atoms with Crippen LogP contribution in [0.15, 0.2) is 24.3 Å². The summed E-state index contributed by atoms with van der Waals surface area (Å²) in [5.41, 5.74) is 8.08. The van der Waals surface area contributed by atoms with Crippen molar-refractivity contribution < 1.29 is 9.53 Å². The van der Waals surface area contributed by atoms with Gasteiger partial charge in [0.25, 0.3) is 0 Å². The highest BCUT2D eigenvalue weighted by Crippen LogP contribution is 2.28. The molecule has 5 nitrogen and oxygen atoms in total. The summed E-state index contributed by atoms with van der Waals surface area (Å²) in [5, 5.41) is 9.10. The van der Waals surface area contributed by atoms with Gasteiger partial charge in [-0.05, 0) is 44.9 Å². The smallest absolute Gasteiger partial charge is 0.331 e. The highest BCUT2D eigenvalue weighted by molar-refractivity contribution is 7.18. The van der Waals surface area contributed by atoms with E-state index in [1.807, 2.05) is 45.9 Å². The monoisotopic (exact) mass is 317 g/mol. The van der Waals surface area contributed by atoms with E-state index in [9.17, 15) is 4.79 Å². The first kappa shape index (κ1) is 16.2. The maximum absolute atomic E-state index is 11.7. The number of hydrogen-bond acceptors (Lipinski definition) is 6. The van der Waals surface area contributed by atoms with E-state index >= 15 is 0 Å². The molecule has 1 aromatic carbocycles. The minimum absolute atomic E-state index is 0.355. The summed E-state index contributed by atoms with van der Waals surface area (Å²) in [6.45, 7) is 7.50. The molecule has 0 unspecified atom stereocenters. The minimum Gasteiger partial charge on any atom is -0.457 e. The van der Waals surface area contributed by atoms with Crippen LogP contribution in [-0.2, 0) is 9.53 Å². The molecule has 116 valence electrons. The highest BCUT2D eigenvalue weighted by atomic mass is 32.1. The summed E-state index contributed by atoms with van der Waals surface area (Å²) in [4.78, 5) is 11.7. The Kier molecular flexibility index (Phi) is 4.61. The molecule has 2 rings (SSSR count). The maximum Gasteiger partial charge on any atom is 0.331 e. The molecule has 0 amide bonds. The lowest BCUT2D eigenvalue weighted by Crippen LogP contribution is -2.22. The summed E-state index contributed by atoms with van der Waals surface area (Å²) in [5.74, 6) is -0.355. The Bertz CT molecular complexity index is 714. The van der Waals surface area contributed by atoms with Crippen molar-refractivity contribution in [1.82, 2.24) is 10.2 Å². The molecule has 0 saturated heterocycles. The molecule has 6 heteroatoms. The highest BCUT2D eigenvalue weighted by Gasteiger charge is 2.14. The van der Waals surface area contributed by atoms with Crippen LogP contribution in [0.25, 0.3) is 16.6 Å². The number of nitrogens with two attached hydrogens (primary N) is 1. The lowest BCUT2D eigenvalue weighted by Gasteiger charge is -2.17. The Labute approximate surface area is 133 Å². The third-order valence-corrected chi connectivity index (χ3v) is 3.53. The van der Waals surface area contributed by atoms with Gasteiger partial charge in [-0.1, -0.05) is 29.5 Å². The average Bonchev–Trinajstić information content (AvgIpc) is 2.81. The average molecular weight is 317 g/mol. The fourth-order valence-corrected chi connectivity index (χ4v) is 2.57. The second kappa shape index (κ2) is 6.27. The number of nitrogen functional groups attached to an aromatic ring is 1. The lowest BCUT2D eigenvalue weighted by atomic mass is 10.1. The first-order valence-corrected chi connectivity index (χ1v) is 7.67. The van der Waals surface area contributed by atoms with Crippen LogP contribution in [0, 0.1) is 6.92 Å². The van der Waals surface area contributed by atoms with Gasteiger partial charge >= 0.3 is 5.97 Å². The van der Waals surface area contributed by atoms with Crippen molar-refractivity contribution in [3.05, 3.63) is 35.4 Å². The number of aromatic nitrogens is 2. The molecule has 0 saturated carbocycles. The number of hydrogen-bond donors (Lipinski definition) is 1. The van der Waals surface area contributed by atoms with E-state index in [-0.39, 0.29) is 5.97 Å². The fraction of sp³-hybridized carbons (Fsp3) is 0.312. The summed E-state index contributed by atoms with van der Waals surface area (Å²) < 4.78 is 5.23. The molecule has 0 aliphatic rings. The van der Waals surface area contributed by atoms with Crippen LogP contribution < -0.4 is 5.73 Å². The van der Waals surface area contributed by atoms with E-state index in [0.29, 0.717) is 5.13 Å². The summed E-state index contributed by atoms with van der Waals surface area (Å²) in [7, 11) is 0. The Balaban J connectivity index is 2.14. The van der Waals surface area contributed by atoms with E-state index in [2.05, 4.69) is 10.2 Å². The van der Waals surface area contributed by atoms with E-state index in [1.165, 1.54) is 17.4 Å². The predicted octanol–water partition coefficient (Wildman–Crippen LogP) is 3.45. The van der Waals surface area contributed by atoms with Gasteiger partial charge < -0.3 is 10.5 Å². The van der Waals surface area contributed by atoms with E-state index in [0.717, 1.165) is 21.7 Å². The number of aryl methyl sites for hydroxylation is 1. The van der Waals surface area contributed by atoms with Crippen LogP contribution in [-0.4, -0.2) is 21.8 Å². The van der Waals surface area contributed by atoms with Gasteiger partial charge in [0.05, 0.1) is 0 Å². The number of carbonyl (C=O) groups excluding carboxylic acids is 1. The van der Waals surface area contributed by atoms with Crippen molar-refractivity contribution in [2.45, 2.75) is 33.3 Å². The lowest BCUT2D eigenvalue weighted by molar-refractivity contribution is -0.148. The van der Waals surface area contributed by atoms with Crippen LogP contribution in [0.1, 0.15) is 31.9 Å². The van der Waals surface area contributed by atoms with Gasteiger partial charge in [0.15, 0.2) is 0 Å². The molecule has 0 aliphatic carbocycles. The van der Waals surface area contributed by atoms with Crippen molar-refractivity contribution in [3.63, 3.8) is 0 Å². The summed E-state index contributed by atoms with van der Waals surface area (Å²) in [6, 6.07) is 5.85. The molecular formula is C16H19N3O2S. The molecule has 0 aliphatic heterocycles. The molecule has 0 fully saturated rings. The quantitative estimate of drug-likeness (QED) is 0.693. The number of nitrogens with zero attached hydrogens (tertiary/aromatic N) is 2. The van der Waals surface area contributed by atoms with E-state index in [1.54, 1.807) is 6.08 Å². The number of ether oxygens (including phenoxy) is 1. The molecular weight excluding hydrogens is 298 g/mol. The van der Waals surface area contributed by atoms with Gasteiger partial charge in [-0.3, -0.25) is 0 Å². The van der Waals surface area contributed by atoms with Crippen molar-refractivity contribution in [3.8, 4) is 10.6 Å². The van der Waals surface area contributed by atoms with Crippen LogP contribution in [0.2, 0.25) is 0 Å². The van der Waals surface area contributed by atoms with Gasteiger partial charge in [0, 0.05) is 11.6 Å². The molecule has 2 aromatic rings. The predicted molar refractivity (Wildman–Crippen MR) is 89.4 cm³/mol. The van der Waals surface area contributed by atoms with Crippen LogP contribution in [0.4, 0.5) is 5.13 Å². The fourth-order valence-electron chi connectivity index (χ4n) is 1.87. The number of anilines is 1. The third-order valence-electron chi connectivity index (χ3n) is 2.74. The zero-order valence-electron chi connectivity index (χ0n) is 13.1. The Morgan fingerprint density at radius 2 is 2.05 bits per heavy atom. The molecule has 1 heterocycles. The van der Waals surface area contributed by atoms with Crippen molar-refractivity contribution in [1.29, 1.82) is 0 Å². The number of carbonyl (C=O) groups is 1. The van der Waals surface area contributed by atoms with Gasteiger partial charge in [-0.15, -0.1) is 10.2 Å². The molecule has 0 spiro atoms. The summed E-state index contributed by atoms with van der Waals surface area (Å²) >= 11 is 1.35. The molecule has 0 bridgehead atoms. The molecule has 0 atom stereocenters. The Morgan fingerprint density at radius 3 is 2.59 bits per heavy atom. The second-order valence-corrected chi connectivity index (χ2v) is 6.90. The minimum atomic E-state index is -0.487. The normalized spacial score (nSPS) is 11.8. The van der Waals surface area contributed by atoms with Crippen LogP contribution in [0.3, 0.4) is 0 Å². The van der Waals surface area contributed by atoms with Gasteiger partial charge in [-0.2, -0.15) is 0 Å². The molecule has 0 radical (unpaired) electrons. The van der Waals surface area contributed by atoms with Crippen molar-refractivity contribution in [2.24, 2.45) is 0 Å². The van der Waals surface area contributed by atoms with E-state index in [4.69, 9.17) is 10.5 Å². The molecule has 1 aromatic heterocycles. The van der Waals surface area contributed by atoms with E-state index < -0.39 is 5.60 Å². The van der Waals surface area contributed by atoms with Gasteiger partial charge in [0.1, 0.15) is 10.6 Å². The topological polar surface area (TPSA) is 78.1 Å². The first-order chi connectivity index (χ1) is 10.2. The third kappa shape index (κ3) is 4.39.